The molecule has 0 aliphatic carbocycles. The van der Waals surface area contributed by atoms with Crippen molar-refractivity contribution in [3.8, 4) is 5.75 Å². The molecule has 1 heterocycles. The summed E-state index contributed by atoms with van der Waals surface area (Å²) in [6, 6.07) is 5.75. The SMILES string of the molecule is CCOC(=O)c1sc(C(C)NC(=NC)NCC(C)Oc2ccc(F)cc2)nc1C.I. The number of aliphatic imine (C=N–C) groups is 1. The second-order valence-electron chi connectivity index (χ2n) is 6.39. The number of carbonyl (C=O) groups is 1. The first-order chi connectivity index (χ1) is 13.8. The van der Waals surface area contributed by atoms with E-state index in [1.54, 1.807) is 33.0 Å². The molecule has 1 aromatic heterocycles. The molecule has 2 unspecified atom stereocenters. The Kier molecular flexibility index (Phi) is 11.0. The number of halogens is 2. The van der Waals surface area contributed by atoms with Gasteiger partial charge in [-0.15, -0.1) is 35.3 Å². The van der Waals surface area contributed by atoms with Crippen molar-refractivity contribution in [2.75, 3.05) is 20.2 Å². The maximum absolute atomic E-state index is 13.0. The fourth-order valence-corrected chi connectivity index (χ4v) is 3.44. The topological polar surface area (TPSA) is 84.8 Å². The molecule has 0 saturated carbocycles. The molecule has 0 spiro atoms. The van der Waals surface area contributed by atoms with E-state index in [1.165, 1.54) is 23.5 Å². The van der Waals surface area contributed by atoms with Crippen LogP contribution in [0.15, 0.2) is 29.3 Å². The van der Waals surface area contributed by atoms with Gasteiger partial charge in [-0.05, 0) is 52.0 Å². The smallest absolute Gasteiger partial charge is 0.350 e. The van der Waals surface area contributed by atoms with Gasteiger partial charge >= 0.3 is 5.97 Å². The third-order valence-electron chi connectivity index (χ3n) is 3.93. The first kappa shape index (κ1) is 26.1. The van der Waals surface area contributed by atoms with Gasteiger partial charge in [-0.25, -0.2) is 14.2 Å². The van der Waals surface area contributed by atoms with Gasteiger partial charge < -0.3 is 20.1 Å². The number of thiazole rings is 1. The van der Waals surface area contributed by atoms with Gasteiger partial charge in [0.1, 0.15) is 27.6 Å². The maximum Gasteiger partial charge on any atom is 0.350 e. The van der Waals surface area contributed by atoms with Crippen LogP contribution in [0.5, 0.6) is 5.75 Å². The van der Waals surface area contributed by atoms with E-state index in [9.17, 15) is 9.18 Å². The van der Waals surface area contributed by atoms with Crippen LogP contribution >= 0.6 is 35.3 Å². The summed E-state index contributed by atoms with van der Waals surface area (Å²) >= 11 is 1.31. The van der Waals surface area contributed by atoms with Gasteiger partial charge in [0.15, 0.2) is 5.96 Å². The zero-order valence-corrected chi connectivity index (χ0v) is 20.8. The van der Waals surface area contributed by atoms with E-state index in [-0.39, 0.29) is 47.9 Å². The molecule has 0 radical (unpaired) electrons. The van der Waals surface area contributed by atoms with E-state index in [4.69, 9.17) is 9.47 Å². The third-order valence-corrected chi connectivity index (χ3v) is 5.25. The Morgan fingerprint density at radius 2 is 1.97 bits per heavy atom. The van der Waals surface area contributed by atoms with Crippen molar-refractivity contribution in [3.63, 3.8) is 0 Å². The Morgan fingerprint density at radius 3 is 2.57 bits per heavy atom. The lowest BCUT2D eigenvalue weighted by Gasteiger charge is -2.19. The molecule has 30 heavy (non-hydrogen) atoms. The van der Waals surface area contributed by atoms with Crippen LogP contribution in [-0.2, 0) is 4.74 Å². The highest BCUT2D eigenvalue weighted by Crippen LogP contribution is 2.24. The number of ether oxygens (including phenoxy) is 2. The zero-order valence-electron chi connectivity index (χ0n) is 17.7. The van der Waals surface area contributed by atoms with Crippen LogP contribution in [0.2, 0.25) is 0 Å². The summed E-state index contributed by atoms with van der Waals surface area (Å²) in [5.74, 6) is 0.528. The molecule has 10 heteroatoms. The zero-order chi connectivity index (χ0) is 21.4. The Hall–Kier alpha value is -1.95. The van der Waals surface area contributed by atoms with Crippen LogP contribution in [0.4, 0.5) is 4.39 Å². The van der Waals surface area contributed by atoms with E-state index in [0.717, 1.165) is 5.01 Å². The molecule has 0 amide bonds. The van der Waals surface area contributed by atoms with Crippen LogP contribution < -0.4 is 15.4 Å². The highest BCUT2D eigenvalue weighted by Gasteiger charge is 2.20. The molecule has 0 bridgehead atoms. The second kappa shape index (κ2) is 12.7. The lowest BCUT2D eigenvalue weighted by molar-refractivity contribution is 0.0531. The van der Waals surface area contributed by atoms with Crippen molar-refractivity contribution >= 4 is 47.2 Å². The van der Waals surface area contributed by atoms with Gasteiger partial charge in [0.2, 0.25) is 0 Å². The Morgan fingerprint density at radius 1 is 1.30 bits per heavy atom. The van der Waals surface area contributed by atoms with Gasteiger partial charge in [-0.1, -0.05) is 0 Å². The Bertz CT molecular complexity index is 845. The van der Waals surface area contributed by atoms with Crippen LogP contribution in [0, 0.1) is 12.7 Å². The van der Waals surface area contributed by atoms with Crippen LogP contribution in [0.1, 0.15) is 47.2 Å². The van der Waals surface area contributed by atoms with E-state index in [2.05, 4.69) is 20.6 Å². The van der Waals surface area contributed by atoms with E-state index >= 15 is 0 Å². The number of aryl methyl sites for hydroxylation is 1. The molecule has 0 fully saturated rings. The van der Waals surface area contributed by atoms with E-state index in [1.807, 2.05) is 13.8 Å². The monoisotopic (exact) mass is 550 g/mol. The number of hydrogen-bond donors (Lipinski definition) is 2. The van der Waals surface area contributed by atoms with Crippen LogP contribution in [0.25, 0.3) is 0 Å². The minimum absolute atomic E-state index is 0. The molecule has 2 atom stereocenters. The number of hydrogen-bond acceptors (Lipinski definition) is 6. The lowest BCUT2D eigenvalue weighted by Crippen LogP contribution is -2.42. The minimum atomic E-state index is -0.352. The first-order valence-corrected chi connectivity index (χ1v) is 10.2. The molecule has 0 aliphatic rings. The predicted molar refractivity (Wildman–Crippen MR) is 128 cm³/mol. The number of aromatic nitrogens is 1. The van der Waals surface area contributed by atoms with Crippen molar-refractivity contribution in [1.29, 1.82) is 0 Å². The van der Waals surface area contributed by atoms with Gasteiger partial charge in [-0.2, -0.15) is 0 Å². The molecular weight excluding hydrogens is 522 g/mol. The van der Waals surface area contributed by atoms with Crippen LogP contribution in [-0.4, -0.2) is 43.2 Å². The van der Waals surface area contributed by atoms with Crippen molar-refractivity contribution in [2.45, 2.75) is 39.8 Å². The summed E-state index contributed by atoms with van der Waals surface area (Å²) in [4.78, 5) is 21.2. The van der Waals surface area contributed by atoms with Crippen molar-refractivity contribution < 1.29 is 18.7 Å². The number of nitrogens with zero attached hydrogens (tertiary/aromatic N) is 2. The van der Waals surface area contributed by atoms with Gasteiger partial charge in [0.25, 0.3) is 0 Å². The van der Waals surface area contributed by atoms with Crippen molar-refractivity contribution in [3.05, 3.63) is 45.7 Å². The second-order valence-corrected chi connectivity index (χ2v) is 7.42. The fourth-order valence-electron chi connectivity index (χ4n) is 2.48. The standard InChI is InChI=1S/C20H27FN4O3S.HI/c1-6-27-19(26)17-13(3)24-18(29-17)14(4)25-20(22-5)23-11-12(2)28-16-9-7-15(21)8-10-16;/h7-10,12,14H,6,11H2,1-5H3,(H2,22,23,25);1H. The number of nitrogens with one attached hydrogen (secondary N) is 2. The quantitative estimate of drug-likeness (QED) is 0.223. The van der Waals surface area contributed by atoms with Gasteiger partial charge in [0.05, 0.1) is 24.9 Å². The van der Waals surface area contributed by atoms with Crippen molar-refractivity contribution in [1.82, 2.24) is 15.6 Å². The average molecular weight is 550 g/mol. The van der Waals surface area contributed by atoms with Crippen molar-refractivity contribution in [2.24, 2.45) is 4.99 Å². The highest BCUT2D eigenvalue weighted by atomic mass is 127. The number of esters is 1. The van der Waals surface area contributed by atoms with Gasteiger partial charge in [-0.3, -0.25) is 4.99 Å². The molecular formula is C20H28FIN4O3S. The molecule has 166 valence electrons. The summed E-state index contributed by atoms with van der Waals surface area (Å²) in [6.07, 6.45) is -0.160. The van der Waals surface area contributed by atoms with E-state index in [0.29, 0.717) is 35.4 Å². The summed E-state index contributed by atoms with van der Waals surface area (Å²) < 4.78 is 23.8. The fraction of sp³-hybridized carbons (Fsp3) is 0.450. The maximum atomic E-state index is 13.0. The Labute approximate surface area is 197 Å². The first-order valence-electron chi connectivity index (χ1n) is 9.37. The molecule has 0 saturated heterocycles. The lowest BCUT2D eigenvalue weighted by atomic mass is 10.3. The summed E-state index contributed by atoms with van der Waals surface area (Å²) in [7, 11) is 1.67. The summed E-state index contributed by atoms with van der Waals surface area (Å²) in [5, 5.41) is 7.21. The largest absolute Gasteiger partial charge is 0.489 e. The molecule has 2 aromatic rings. The highest BCUT2D eigenvalue weighted by molar-refractivity contribution is 14.0. The molecule has 1 aromatic carbocycles. The van der Waals surface area contributed by atoms with Crippen LogP contribution in [0.3, 0.4) is 0 Å². The molecule has 7 nitrogen and oxygen atoms in total. The summed E-state index contributed by atoms with van der Waals surface area (Å²) in [5.41, 5.74) is 0.654. The summed E-state index contributed by atoms with van der Waals surface area (Å²) in [6.45, 7) is 8.24. The molecule has 2 N–H and O–H groups in total. The van der Waals surface area contributed by atoms with Gasteiger partial charge in [0, 0.05) is 7.05 Å². The average Bonchev–Trinajstić information content (AvgIpc) is 3.09. The Balaban J connectivity index is 0.00000450. The number of guanidine groups is 1. The predicted octanol–water partition coefficient (Wildman–Crippen LogP) is 4.08. The number of benzene rings is 1. The third kappa shape index (κ3) is 7.71. The minimum Gasteiger partial charge on any atom is -0.489 e. The normalized spacial score (nSPS) is 13.1. The number of carbonyl (C=O) groups excluding carboxylic acids is 1. The molecule has 2 rings (SSSR count). The number of rotatable bonds is 8. The van der Waals surface area contributed by atoms with E-state index < -0.39 is 0 Å². The molecule has 0 aliphatic heterocycles.